The number of benzene rings is 3. The largest absolute Gasteiger partial charge is 0.496 e. The van der Waals surface area contributed by atoms with E-state index in [4.69, 9.17) is 35.2 Å². The Balaban J connectivity index is 1.80. The predicted octanol–water partition coefficient (Wildman–Crippen LogP) is 4.02. The van der Waals surface area contributed by atoms with Crippen molar-refractivity contribution >= 4 is 34.2 Å². The van der Waals surface area contributed by atoms with Crippen molar-refractivity contribution in [1.29, 1.82) is 0 Å². The predicted molar refractivity (Wildman–Crippen MR) is 140 cm³/mol. The molecule has 10 heteroatoms. The topological polar surface area (TPSA) is 132 Å². The Kier molecular flexibility index (Phi) is 8.80. The van der Waals surface area contributed by atoms with E-state index in [0.717, 1.165) is 0 Å². The molecule has 0 bridgehead atoms. The molecule has 0 aliphatic carbocycles. The maximum Gasteiger partial charge on any atom is 0.343 e. The number of carbonyl (C=O) groups is 1. The van der Waals surface area contributed by atoms with E-state index in [1.807, 2.05) is 0 Å². The summed E-state index contributed by atoms with van der Waals surface area (Å²) >= 11 is 0. The zero-order valence-corrected chi connectivity index (χ0v) is 21.2. The molecule has 0 fully saturated rings. The van der Waals surface area contributed by atoms with Gasteiger partial charge in [-0.15, -0.1) is 0 Å². The van der Waals surface area contributed by atoms with Gasteiger partial charge in [-0.05, 0) is 42.0 Å². The van der Waals surface area contributed by atoms with Crippen LogP contribution in [0.3, 0.4) is 0 Å². The fourth-order valence-electron chi connectivity index (χ4n) is 3.40. The van der Waals surface area contributed by atoms with Crippen LogP contribution >= 0.6 is 0 Å². The van der Waals surface area contributed by atoms with Gasteiger partial charge in [0.05, 0.1) is 56.1 Å². The molecule has 0 saturated carbocycles. The van der Waals surface area contributed by atoms with Crippen molar-refractivity contribution in [2.24, 2.45) is 0 Å². The van der Waals surface area contributed by atoms with Crippen LogP contribution in [0.4, 0.5) is 11.4 Å². The van der Waals surface area contributed by atoms with Gasteiger partial charge >= 0.3 is 5.97 Å². The third-order valence-corrected chi connectivity index (χ3v) is 6.15. The second-order valence-electron chi connectivity index (χ2n) is 7.54. The van der Waals surface area contributed by atoms with Crippen LogP contribution in [0.1, 0.15) is 21.5 Å². The molecule has 36 heavy (non-hydrogen) atoms. The maximum absolute atomic E-state index is 12.8. The molecule has 4 N–H and O–H groups in total. The number of rotatable bonds is 10. The highest BCUT2D eigenvalue weighted by molar-refractivity contribution is 7.87. The molecule has 1 atom stereocenters. The Morgan fingerprint density at radius 1 is 0.806 bits per heavy atom. The molecular weight excluding hydrogens is 484 g/mol. The van der Waals surface area contributed by atoms with Crippen LogP contribution in [0.2, 0.25) is 0 Å². The van der Waals surface area contributed by atoms with Gasteiger partial charge in [-0.25, -0.2) is 4.79 Å². The number of anilines is 2. The molecule has 0 amide bonds. The molecule has 9 nitrogen and oxygen atoms in total. The number of ether oxygens (including phenoxy) is 5. The lowest BCUT2D eigenvalue weighted by Crippen LogP contribution is -2.10. The number of carbonyl (C=O) groups excluding carboxylic acids is 1. The lowest BCUT2D eigenvalue weighted by atomic mass is 10.1. The van der Waals surface area contributed by atoms with E-state index in [-0.39, 0.29) is 17.1 Å². The number of nitrogens with two attached hydrogens (primary N) is 2. The monoisotopic (exact) mass is 512 g/mol. The van der Waals surface area contributed by atoms with Gasteiger partial charge in [0.15, 0.2) is 11.5 Å². The van der Waals surface area contributed by atoms with E-state index in [9.17, 15) is 9.00 Å². The Bertz CT molecular complexity index is 1260. The van der Waals surface area contributed by atoms with Gasteiger partial charge in [0.25, 0.3) is 0 Å². The molecule has 0 aliphatic heterocycles. The van der Waals surface area contributed by atoms with E-state index in [0.29, 0.717) is 45.5 Å². The van der Waals surface area contributed by atoms with E-state index < -0.39 is 16.8 Å². The number of esters is 1. The van der Waals surface area contributed by atoms with Crippen molar-refractivity contribution in [3.8, 4) is 28.7 Å². The summed E-state index contributed by atoms with van der Waals surface area (Å²) in [6.45, 7) is 0. The van der Waals surface area contributed by atoms with Gasteiger partial charge in [0.2, 0.25) is 0 Å². The van der Waals surface area contributed by atoms with Crippen LogP contribution in [0.25, 0.3) is 6.08 Å². The number of methoxy groups -OCH3 is 4. The van der Waals surface area contributed by atoms with Gasteiger partial charge in [-0.2, -0.15) is 0 Å². The number of hydrogen-bond donors (Lipinski definition) is 2. The molecule has 3 aromatic carbocycles. The van der Waals surface area contributed by atoms with E-state index in [1.54, 1.807) is 43.5 Å². The third kappa shape index (κ3) is 6.48. The second kappa shape index (κ2) is 12.0. The lowest BCUT2D eigenvalue weighted by Gasteiger charge is -2.12. The second-order valence-corrected chi connectivity index (χ2v) is 8.86. The molecule has 0 aliphatic rings. The summed E-state index contributed by atoms with van der Waals surface area (Å²) in [5.74, 6) is 1.64. The maximum atomic E-state index is 12.8. The van der Waals surface area contributed by atoms with Gasteiger partial charge in [0.1, 0.15) is 17.2 Å². The SMILES string of the molecule is COc1cc(OC)c(/C=C/S(=O)Cc2ccc(OC)c(OC(=O)c3cc(N)cc(N)c3)c2)c(OC)c1. The highest BCUT2D eigenvalue weighted by Gasteiger charge is 2.15. The first-order valence-electron chi connectivity index (χ1n) is 10.7. The molecular formula is C26H28N2O7S. The Labute approximate surface area is 212 Å². The summed E-state index contributed by atoms with van der Waals surface area (Å²) in [5.41, 5.74) is 13.7. The Morgan fingerprint density at radius 3 is 1.97 bits per heavy atom. The smallest absolute Gasteiger partial charge is 0.343 e. The average molecular weight is 513 g/mol. The molecule has 0 heterocycles. The molecule has 0 spiro atoms. The average Bonchev–Trinajstić information content (AvgIpc) is 2.86. The van der Waals surface area contributed by atoms with E-state index in [2.05, 4.69) is 0 Å². The van der Waals surface area contributed by atoms with E-state index >= 15 is 0 Å². The number of nitrogen functional groups attached to an aromatic ring is 2. The summed E-state index contributed by atoms with van der Waals surface area (Å²) in [6.07, 6.45) is 1.67. The summed E-state index contributed by atoms with van der Waals surface area (Å²) in [4.78, 5) is 12.7. The lowest BCUT2D eigenvalue weighted by molar-refractivity contribution is 0.0729. The first-order chi connectivity index (χ1) is 17.3. The van der Waals surface area contributed by atoms with Crippen molar-refractivity contribution in [2.75, 3.05) is 39.9 Å². The standard InChI is InChI=1S/C26H28N2O7S/c1-31-20-13-23(33-3)21(24(14-20)34-4)7-8-36(30)15-16-5-6-22(32-2)25(9-16)35-26(29)17-10-18(27)12-19(28)11-17/h5-14H,15,27-28H2,1-4H3/b8-7+. The number of hydrogen-bond acceptors (Lipinski definition) is 9. The summed E-state index contributed by atoms with van der Waals surface area (Å²) in [6, 6.07) is 12.9. The van der Waals surface area contributed by atoms with Crippen molar-refractivity contribution in [2.45, 2.75) is 5.75 Å². The van der Waals surface area contributed by atoms with Crippen LogP contribution in [-0.2, 0) is 16.6 Å². The van der Waals surface area contributed by atoms with Crippen LogP contribution in [-0.4, -0.2) is 38.6 Å². The molecule has 3 aromatic rings. The Morgan fingerprint density at radius 2 is 1.42 bits per heavy atom. The fourth-order valence-corrected chi connectivity index (χ4v) is 4.29. The van der Waals surface area contributed by atoms with Gasteiger partial charge in [-0.3, -0.25) is 4.21 Å². The van der Waals surface area contributed by atoms with Crippen molar-refractivity contribution < 1.29 is 32.7 Å². The van der Waals surface area contributed by atoms with E-state index in [1.165, 1.54) is 44.9 Å². The minimum absolute atomic E-state index is 0.164. The summed E-state index contributed by atoms with van der Waals surface area (Å²) in [5, 5.41) is 1.54. The van der Waals surface area contributed by atoms with Crippen LogP contribution in [0, 0.1) is 0 Å². The van der Waals surface area contributed by atoms with Crippen molar-refractivity contribution in [1.82, 2.24) is 0 Å². The van der Waals surface area contributed by atoms with Crippen LogP contribution < -0.4 is 35.2 Å². The highest BCUT2D eigenvalue weighted by Crippen LogP contribution is 2.35. The minimum Gasteiger partial charge on any atom is -0.496 e. The quantitative estimate of drug-likeness (QED) is 0.235. The normalized spacial score (nSPS) is 11.7. The summed E-state index contributed by atoms with van der Waals surface area (Å²) in [7, 11) is 4.65. The van der Waals surface area contributed by atoms with Crippen LogP contribution in [0.15, 0.2) is 53.9 Å². The fraction of sp³-hybridized carbons (Fsp3) is 0.192. The zero-order chi connectivity index (χ0) is 26.2. The third-order valence-electron chi connectivity index (χ3n) is 5.09. The first-order valence-corrected chi connectivity index (χ1v) is 12.1. The van der Waals surface area contributed by atoms with Gasteiger partial charge in [-0.1, -0.05) is 6.07 Å². The zero-order valence-electron chi connectivity index (χ0n) is 20.4. The Hall–Kier alpha value is -4.18. The summed E-state index contributed by atoms with van der Waals surface area (Å²) < 4.78 is 39.8. The van der Waals surface area contributed by atoms with Gasteiger partial charge in [0, 0.05) is 28.9 Å². The minimum atomic E-state index is -1.41. The molecule has 0 radical (unpaired) electrons. The first kappa shape index (κ1) is 26.4. The van der Waals surface area contributed by atoms with Crippen molar-refractivity contribution in [3.63, 3.8) is 0 Å². The van der Waals surface area contributed by atoms with Crippen molar-refractivity contribution in [3.05, 3.63) is 70.6 Å². The molecule has 3 rings (SSSR count). The highest BCUT2D eigenvalue weighted by atomic mass is 32.2. The molecule has 0 saturated heterocycles. The molecule has 0 aromatic heterocycles. The van der Waals surface area contributed by atoms with Crippen LogP contribution in [0.5, 0.6) is 28.7 Å². The molecule has 190 valence electrons. The van der Waals surface area contributed by atoms with Gasteiger partial charge < -0.3 is 35.2 Å². The molecule has 1 unspecified atom stereocenters.